The van der Waals surface area contributed by atoms with Gasteiger partial charge in [0.25, 0.3) is 5.91 Å². The number of anilines is 1. The predicted molar refractivity (Wildman–Crippen MR) is 118 cm³/mol. The van der Waals surface area contributed by atoms with Crippen LogP contribution in [0.5, 0.6) is 0 Å². The van der Waals surface area contributed by atoms with E-state index >= 15 is 0 Å². The number of hydrogen-bond acceptors (Lipinski definition) is 4. The Morgan fingerprint density at radius 2 is 1.84 bits per heavy atom. The maximum absolute atomic E-state index is 14.5. The lowest BCUT2D eigenvalue weighted by molar-refractivity contribution is 0.0601. The zero-order valence-corrected chi connectivity index (χ0v) is 18.1. The number of aryl methyl sites for hydroxylation is 2. The largest absolute Gasteiger partial charge is 0.356 e. The van der Waals surface area contributed by atoms with E-state index in [9.17, 15) is 9.18 Å². The standard InChI is InChI=1S/C24H28FN5O/c1-16-8-9-18(19(25)13-16)24(31)29-12-4-3-7-21(29)20-14-22-26-23(28-10-5-6-11-28)17(2)15-30(22)27-20/h8-9,13-15,21H,3-7,10-12H2,1-2H3. The predicted octanol–water partition coefficient (Wildman–Crippen LogP) is 4.45. The third-order valence-electron chi connectivity index (χ3n) is 6.49. The molecule has 7 heteroatoms. The molecule has 0 aliphatic carbocycles. The average molecular weight is 422 g/mol. The summed E-state index contributed by atoms with van der Waals surface area (Å²) in [5, 5.41) is 4.78. The van der Waals surface area contributed by atoms with Gasteiger partial charge in [0.2, 0.25) is 0 Å². The molecule has 2 aromatic heterocycles. The van der Waals surface area contributed by atoms with Crippen molar-refractivity contribution in [1.82, 2.24) is 19.5 Å². The molecule has 2 aliphatic heterocycles. The van der Waals surface area contributed by atoms with Crippen molar-refractivity contribution in [3.63, 3.8) is 0 Å². The summed E-state index contributed by atoms with van der Waals surface area (Å²) in [6, 6.07) is 6.62. The van der Waals surface area contributed by atoms with Gasteiger partial charge in [-0.25, -0.2) is 13.9 Å². The highest BCUT2D eigenvalue weighted by Crippen LogP contribution is 2.33. The van der Waals surface area contributed by atoms with Crippen LogP contribution in [-0.4, -0.2) is 45.0 Å². The van der Waals surface area contributed by atoms with Crippen molar-refractivity contribution in [2.24, 2.45) is 0 Å². The van der Waals surface area contributed by atoms with E-state index in [1.165, 1.54) is 18.9 Å². The minimum atomic E-state index is -0.461. The molecule has 1 unspecified atom stereocenters. The molecular weight excluding hydrogens is 393 g/mol. The molecule has 1 aromatic carbocycles. The Balaban J connectivity index is 1.49. The normalized spacial score (nSPS) is 19.4. The molecule has 0 spiro atoms. The summed E-state index contributed by atoms with van der Waals surface area (Å²) in [5.74, 6) is 0.299. The van der Waals surface area contributed by atoms with Gasteiger partial charge >= 0.3 is 0 Å². The van der Waals surface area contributed by atoms with E-state index in [0.717, 1.165) is 60.6 Å². The van der Waals surface area contributed by atoms with Gasteiger partial charge in [-0.2, -0.15) is 5.10 Å². The number of aromatic nitrogens is 3. The summed E-state index contributed by atoms with van der Waals surface area (Å²) in [5.41, 5.74) is 3.65. The van der Waals surface area contributed by atoms with Gasteiger partial charge in [0, 0.05) is 37.5 Å². The number of hydrogen-bond donors (Lipinski definition) is 0. The summed E-state index contributed by atoms with van der Waals surface area (Å²) < 4.78 is 16.3. The molecule has 1 amide bonds. The van der Waals surface area contributed by atoms with Gasteiger partial charge in [-0.3, -0.25) is 4.79 Å². The van der Waals surface area contributed by atoms with Gasteiger partial charge in [0.15, 0.2) is 5.65 Å². The average Bonchev–Trinajstić information content (AvgIpc) is 3.42. The van der Waals surface area contributed by atoms with Crippen molar-refractivity contribution >= 4 is 17.4 Å². The van der Waals surface area contributed by atoms with Gasteiger partial charge in [0.05, 0.1) is 17.3 Å². The highest BCUT2D eigenvalue weighted by atomic mass is 19.1. The Hall–Kier alpha value is -2.96. The van der Waals surface area contributed by atoms with Gasteiger partial charge in [0.1, 0.15) is 11.6 Å². The van der Waals surface area contributed by atoms with E-state index < -0.39 is 5.82 Å². The Kier molecular flexibility index (Phi) is 5.12. The van der Waals surface area contributed by atoms with Crippen LogP contribution in [0.1, 0.15) is 65.3 Å². The van der Waals surface area contributed by atoms with E-state index in [1.54, 1.807) is 17.0 Å². The molecule has 162 valence electrons. The first-order chi connectivity index (χ1) is 15.0. The molecule has 6 nitrogen and oxygen atoms in total. The maximum Gasteiger partial charge on any atom is 0.257 e. The number of carbonyl (C=O) groups excluding carboxylic acids is 1. The van der Waals surface area contributed by atoms with Crippen LogP contribution in [0.2, 0.25) is 0 Å². The van der Waals surface area contributed by atoms with E-state index in [0.29, 0.717) is 6.54 Å². The number of likely N-dealkylation sites (tertiary alicyclic amines) is 1. The first kappa shape index (κ1) is 20.0. The second-order valence-electron chi connectivity index (χ2n) is 8.81. The highest BCUT2D eigenvalue weighted by Gasteiger charge is 2.32. The first-order valence-corrected chi connectivity index (χ1v) is 11.2. The number of amides is 1. The van der Waals surface area contributed by atoms with Crippen LogP contribution in [0.3, 0.4) is 0 Å². The summed E-state index contributed by atoms with van der Waals surface area (Å²) >= 11 is 0. The SMILES string of the molecule is Cc1ccc(C(=O)N2CCCCC2c2cc3nc(N4CCCC4)c(C)cn3n2)c(F)c1. The molecule has 2 aliphatic rings. The lowest BCUT2D eigenvalue weighted by atomic mass is 9.98. The molecule has 0 N–H and O–H groups in total. The van der Waals surface area contributed by atoms with Gasteiger partial charge in [-0.1, -0.05) is 6.07 Å². The van der Waals surface area contributed by atoms with Gasteiger partial charge in [-0.15, -0.1) is 0 Å². The molecule has 0 radical (unpaired) electrons. The Bertz CT molecular complexity index is 1130. The van der Waals surface area contributed by atoms with Crippen LogP contribution in [0.15, 0.2) is 30.5 Å². The molecule has 1 atom stereocenters. The van der Waals surface area contributed by atoms with Crippen molar-refractivity contribution in [3.05, 3.63) is 58.7 Å². The van der Waals surface area contributed by atoms with Crippen LogP contribution in [-0.2, 0) is 0 Å². The first-order valence-electron chi connectivity index (χ1n) is 11.2. The number of rotatable bonds is 3. The van der Waals surface area contributed by atoms with Crippen molar-refractivity contribution in [1.29, 1.82) is 0 Å². The number of fused-ring (bicyclic) bond motifs is 1. The van der Waals surface area contributed by atoms with E-state index in [-0.39, 0.29) is 17.5 Å². The minimum absolute atomic E-state index is 0.131. The molecule has 2 fully saturated rings. The van der Waals surface area contributed by atoms with E-state index in [2.05, 4.69) is 11.8 Å². The third-order valence-corrected chi connectivity index (χ3v) is 6.49. The van der Waals surface area contributed by atoms with Crippen molar-refractivity contribution in [2.45, 2.75) is 52.0 Å². The Morgan fingerprint density at radius 3 is 2.61 bits per heavy atom. The second-order valence-corrected chi connectivity index (χ2v) is 8.81. The van der Waals surface area contributed by atoms with Crippen LogP contribution in [0.25, 0.3) is 5.65 Å². The number of piperidine rings is 1. The lowest BCUT2D eigenvalue weighted by Gasteiger charge is -2.34. The molecule has 4 heterocycles. The Morgan fingerprint density at radius 1 is 1.06 bits per heavy atom. The second kappa shape index (κ2) is 7.94. The number of carbonyl (C=O) groups is 1. The molecular formula is C24H28FN5O. The zero-order valence-electron chi connectivity index (χ0n) is 18.1. The summed E-state index contributed by atoms with van der Waals surface area (Å²) in [4.78, 5) is 22.2. The van der Waals surface area contributed by atoms with Crippen LogP contribution < -0.4 is 4.90 Å². The summed E-state index contributed by atoms with van der Waals surface area (Å²) in [6.45, 7) is 6.58. The molecule has 0 saturated carbocycles. The number of halogens is 1. The third kappa shape index (κ3) is 3.66. The van der Waals surface area contributed by atoms with Crippen LogP contribution in [0, 0.1) is 19.7 Å². The van der Waals surface area contributed by atoms with Crippen molar-refractivity contribution in [2.75, 3.05) is 24.5 Å². The lowest BCUT2D eigenvalue weighted by Crippen LogP contribution is -2.39. The fourth-order valence-corrected chi connectivity index (χ4v) is 4.86. The zero-order chi connectivity index (χ0) is 21.5. The fourth-order valence-electron chi connectivity index (χ4n) is 4.86. The van der Waals surface area contributed by atoms with Crippen molar-refractivity contribution in [3.8, 4) is 0 Å². The number of nitrogens with zero attached hydrogens (tertiary/aromatic N) is 5. The van der Waals surface area contributed by atoms with E-state index in [4.69, 9.17) is 10.1 Å². The number of benzene rings is 1. The molecule has 2 saturated heterocycles. The smallest absolute Gasteiger partial charge is 0.257 e. The molecule has 3 aromatic rings. The molecule has 31 heavy (non-hydrogen) atoms. The fraction of sp³-hybridized carbons (Fsp3) is 0.458. The summed E-state index contributed by atoms with van der Waals surface area (Å²) in [6.07, 6.45) is 7.18. The van der Waals surface area contributed by atoms with Crippen molar-refractivity contribution < 1.29 is 9.18 Å². The highest BCUT2D eigenvalue weighted by molar-refractivity contribution is 5.95. The minimum Gasteiger partial charge on any atom is -0.356 e. The summed E-state index contributed by atoms with van der Waals surface area (Å²) in [7, 11) is 0. The van der Waals surface area contributed by atoms with Gasteiger partial charge in [-0.05, 0) is 63.6 Å². The van der Waals surface area contributed by atoms with Crippen LogP contribution in [0.4, 0.5) is 10.2 Å². The monoisotopic (exact) mass is 421 g/mol. The maximum atomic E-state index is 14.5. The molecule has 0 bridgehead atoms. The topological polar surface area (TPSA) is 53.7 Å². The van der Waals surface area contributed by atoms with Gasteiger partial charge < -0.3 is 9.80 Å². The Labute approximate surface area is 181 Å². The quantitative estimate of drug-likeness (QED) is 0.627. The molecule has 5 rings (SSSR count). The van der Waals surface area contributed by atoms with E-state index in [1.807, 2.05) is 23.7 Å². The van der Waals surface area contributed by atoms with Crippen LogP contribution >= 0.6 is 0 Å².